The van der Waals surface area contributed by atoms with Gasteiger partial charge in [0.05, 0.1) is 13.2 Å². The van der Waals surface area contributed by atoms with E-state index >= 15 is 0 Å². The van der Waals surface area contributed by atoms with Gasteiger partial charge in [-0.25, -0.2) is 9.59 Å². The number of carbonyl (C=O) groups excluding carboxylic acids is 1. The van der Waals surface area contributed by atoms with E-state index in [9.17, 15) is 9.59 Å². The molecule has 0 unspecified atom stereocenters. The monoisotopic (exact) mass is 275 g/mol. The maximum atomic E-state index is 11.7. The van der Waals surface area contributed by atoms with Crippen LogP contribution in [0.2, 0.25) is 0 Å². The van der Waals surface area contributed by atoms with Gasteiger partial charge < -0.3 is 25.0 Å². The zero-order valence-corrected chi connectivity index (χ0v) is 12.4. The van der Waals surface area contributed by atoms with E-state index < -0.39 is 17.5 Å². The molecule has 0 atom stereocenters. The van der Waals surface area contributed by atoms with Crippen molar-refractivity contribution in [2.45, 2.75) is 19.4 Å². The Morgan fingerprint density at radius 2 is 1.79 bits per heavy atom. The second kappa shape index (κ2) is 7.96. The average Bonchev–Trinajstić information content (AvgIpc) is 2.31. The van der Waals surface area contributed by atoms with E-state index in [4.69, 9.17) is 9.84 Å². The number of likely N-dealkylation sites (N-methyl/N-ethyl adjacent to an activating group) is 2. The Kier molecular flexibility index (Phi) is 7.40. The lowest BCUT2D eigenvalue weighted by Gasteiger charge is -2.31. The molecule has 112 valence electrons. The number of hydrogen-bond donors (Lipinski definition) is 2. The molecule has 2 amide bonds. The Labute approximate surface area is 114 Å². The van der Waals surface area contributed by atoms with Crippen molar-refractivity contribution in [2.75, 3.05) is 47.4 Å². The summed E-state index contributed by atoms with van der Waals surface area (Å²) in [5, 5.41) is 11.6. The van der Waals surface area contributed by atoms with Crippen molar-refractivity contribution in [3.05, 3.63) is 0 Å². The number of urea groups is 1. The van der Waals surface area contributed by atoms with E-state index in [2.05, 4.69) is 5.32 Å². The van der Waals surface area contributed by atoms with Crippen LogP contribution in [-0.2, 0) is 9.53 Å². The van der Waals surface area contributed by atoms with E-state index in [0.29, 0.717) is 19.8 Å². The maximum absolute atomic E-state index is 11.7. The summed E-state index contributed by atoms with van der Waals surface area (Å²) < 4.78 is 5.32. The molecular weight excluding hydrogens is 250 g/mol. The topological polar surface area (TPSA) is 82.1 Å². The van der Waals surface area contributed by atoms with Crippen LogP contribution in [0.4, 0.5) is 4.79 Å². The van der Waals surface area contributed by atoms with E-state index in [1.807, 2.05) is 19.0 Å². The fourth-order valence-corrected chi connectivity index (χ4v) is 1.10. The summed E-state index contributed by atoms with van der Waals surface area (Å²) in [6.07, 6.45) is 0. The number of hydrogen-bond acceptors (Lipinski definition) is 4. The van der Waals surface area contributed by atoms with E-state index in [0.717, 1.165) is 11.4 Å². The Hall–Kier alpha value is -1.34. The summed E-state index contributed by atoms with van der Waals surface area (Å²) in [4.78, 5) is 25.9. The van der Waals surface area contributed by atoms with Crippen LogP contribution < -0.4 is 5.32 Å². The second-order valence-corrected chi connectivity index (χ2v) is 5.07. The zero-order chi connectivity index (χ0) is 15.1. The lowest BCUT2D eigenvalue weighted by Crippen LogP contribution is -2.54. The van der Waals surface area contributed by atoms with Gasteiger partial charge in [-0.3, -0.25) is 0 Å². The summed E-state index contributed by atoms with van der Waals surface area (Å²) in [6.45, 7) is 5.12. The molecule has 0 rings (SSSR count). The summed E-state index contributed by atoms with van der Waals surface area (Å²) in [6, 6.07) is -0.427. The highest BCUT2D eigenvalue weighted by atomic mass is 16.5. The number of amides is 2. The van der Waals surface area contributed by atoms with E-state index in [-0.39, 0.29) is 0 Å². The molecule has 0 saturated heterocycles. The quantitative estimate of drug-likeness (QED) is 0.613. The summed E-state index contributed by atoms with van der Waals surface area (Å²) >= 11 is 0. The Balaban J connectivity index is 3.90. The minimum absolute atomic E-state index is 0.353. The molecule has 2 N–H and O–H groups in total. The van der Waals surface area contributed by atoms with Gasteiger partial charge in [0.25, 0.3) is 0 Å². The van der Waals surface area contributed by atoms with Gasteiger partial charge in [0.2, 0.25) is 0 Å². The van der Waals surface area contributed by atoms with Crippen LogP contribution in [0.3, 0.4) is 0 Å². The molecule has 0 fully saturated rings. The molecule has 0 aromatic rings. The number of carboxylic acids is 1. The van der Waals surface area contributed by atoms with Crippen molar-refractivity contribution < 1.29 is 19.4 Å². The van der Waals surface area contributed by atoms with Crippen LogP contribution in [0.25, 0.3) is 0 Å². The molecule has 0 aromatic carbocycles. The molecule has 7 heteroatoms. The van der Waals surface area contributed by atoms with Crippen molar-refractivity contribution >= 4 is 12.0 Å². The second-order valence-electron chi connectivity index (χ2n) is 5.07. The van der Waals surface area contributed by atoms with Gasteiger partial charge in [0, 0.05) is 20.1 Å². The third kappa shape index (κ3) is 6.40. The summed E-state index contributed by atoms with van der Waals surface area (Å²) in [5.74, 6) is -1.05. The predicted octanol–water partition coefficient (Wildman–Crippen LogP) is 0.0692. The van der Waals surface area contributed by atoms with Crippen molar-refractivity contribution in [3.8, 4) is 0 Å². The molecule has 0 heterocycles. The highest BCUT2D eigenvalue weighted by Gasteiger charge is 2.34. The average molecular weight is 275 g/mol. The van der Waals surface area contributed by atoms with E-state index in [1.165, 1.54) is 20.9 Å². The van der Waals surface area contributed by atoms with Crippen molar-refractivity contribution in [1.29, 1.82) is 0 Å². The molecule has 19 heavy (non-hydrogen) atoms. The molecular formula is C12H25N3O4. The number of rotatable bonds is 8. The largest absolute Gasteiger partial charge is 0.480 e. The molecule has 0 aliphatic rings. The number of carboxylic acid groups (broad SMARTS) is 1. The van der Waals surface area contributed by atoms with Gasteiger partial charge in [-0.15, -0.1) is 0 Å². The number of nitrogens with zero attached hydrogens (tertiary/aromatic N) is 2. The molecule has 0 radical (unpaired) electrons. The van der Waals surface area contributed by atoms with Crippen molar-refractivity contribution in [2.24, 2.45) is 0 Å². The van der Waals surface area contributed by atoms with Crippen LogP contribution in [0.1, 0.15) is 13.8 Å². The first-order chi connectivity index (χ1) is 8.69. The Morgan fingerprint density at radius 3 is 2.26 bits per heavy atom. The van der Waals surface area contributed by atoms with Crippen LogP contribution in [0.5, 0.6) is 0 Å². The van der Waals surface area contributed by atoms with Gasteiger partial charge in [0.15, 0.2) is 0 Å². The highest BCUT2D eigenvalue weighted by Crippen LogP contribution is 2.11. The van der Waals surface area contributed by atoms with Crippen LogP contribution in [0.15, 0.2) is 0 Å². The van der Waals surface area contributed by atoms with Gasteiger partial charge in [-0.05, 0) is 27.9 Å². The molecule has 0 aliphatic carbocycles. The summed E-state index contributed by atoms with van der Waals surface area (Å²) in [5.41, 5.74) is -1.24. The molecule has 0 bridgehead atoms. The normalized spacial score (nSPS) is 11.5. The van der Waals surface area contributed by atoms with Crippen LogP contribution >= 0.6 is 0 Å². The zero-order valence-electron chi connectivity index (χ0n) is 12.4. The first-order valence-corrected chi connectivity index (χ1v) is 6.17. The molecule has 0 aromatic heterocycles. The van der Waals surface area contributed by atoms with Gasteiger partial charge >= 0.3 is 12.0 Å². The Morgan fingerprint density at radius 1 is 1.21 bits per heavy atom. The standard InChI is InChI=1S/C12H25N3O4/c1-12(2,10(16)17)15(5)11(18)13-6-8-19-9-7-14(3)4/h6-9H2,1-5H3,(H,13,18)(H,16,17). The van der Waals surface area contributed by atoms with Gasteiger partial charge in [-0.1, -0.05) is 0 Å². The fraction of sp³-hybridized carbons (Fsp3) is 0.833. The number of ether oxygens (including phenoxy) is 1. The number of nitrogens with one attached hydrogen (secondary N) is 1. The maximum Gasteiger partial charge on any atom is 0.329 e. The molecule has 7 nitrogen and oxygen atoms in total. The third-order valence-corrected chi connectivity index (χ3v) is 2.87. The number of aliphatic carboxylic acids is 1. The number of carbonyl (C=O) groups is 2. The first kappa shape index (κ1) is 17.7. The molecule has 0 aliphatic heterocycles. The molecule has 0 spiro atoms. The summed E-state index contributed by atoms with van der Waals surface area (Å²) in [7, 11) is 5.36. The predicted molar refractivity (Wildman–Crippen MR) is 72.2 cm³/mol. The van der Waals surface area contributed by atoms with Crippen LogP contribution in [0, 0.1) is 0 Å². The minimum atomic E-state index is -1.24. The van der Waals surface area contributed by atoms with E-state index in [1.54, 1.807) is 0 Å². The lowest BCUT2D eigenvalue weighted by molar-refractivity contribution is -0.146. The van der Waals surface area contributed by atoms with Gasteiger partial charge in [0.1, 0.15) is 5.54 Å². The third-order valence-electron chi connectivity index (χ3n) is 2.87. The smallest absolute Gasteiger partial charge is 0.329 e. The highest BCUT2D eigenvalue weighted by molar-refractivity contribution is 5.85. The lowest BCUT2D eigenvalue weighted by atomic mass is 10.1. The first-order valence-electron chi connectivity index (χ1n) is 6.17. The van der Waals surface area contributed by atoms with Gasteiger partial charge in [-0.2, -0.15) is 0 Å². The van der Waals surface area contributed by atoms with Crippen molar-refractivity contribution in [1.82, 2.24) is 15.1 Å². The SMILES string of the molecule is CN(C)CCOCCNC(=O)N(C)C(C)(C)C(=O)O. The minimum Gasteiger partial charge on any atom is -0.480 e. The van der Waals surface area contributed by atoms with Crippen molar-refractivity contribution in [3.63, 3.8) is 0 Å². The van der Waals surface area contributed by atoms with Crippen LogP contribution in [-0.4, -0.2) is 79.9 Å². The Bertz CT molecular complexity index is 305. The fourth-order valence-electron chi connectivity index (χ4n) is 1.10. The molecule has 0 saturated carbocycles.